The molecule has 3 rings (SSSR count). The minimum absolute atomic E-state index is 0.0749. The van der Waals surface area contributed by atoms with E-state index in [1.54, 1.807) is 6.92 Å². The van der Waals surface area contributed by atoms with Crippen LogP contribution < -0.4 is 10.1 Å². The quantitative estimate of drug-likeness (QED) is 0.707. The molecule has 156 valence electrons. The van der Waals surface area contributed by atoms with Gasteiger partial charge in [-0.25, -0.2) is 13.2 Å². The average Bonchev–Trinajstić information content (AvgIpc) is 3.39. The molecule has 1 amide bonds. The number of pyridine rings is 1. The minimum atomic E-state index is -4.47. The Morgan fingerprint density at radius 3 is 2.45 bits per heavy atom. The van der Waals surface area contributed by atoms with E-state index in [9.17, 15) is 31.1 Å². The number of carbonyl (C=O) groups excluding carboxylic acids is 1. The SMILES string of the molecule is C[C@@H](NC(=O)[C@H]1C[C@@H]1c1c(F)cc(F)cc1F)c1ccc(OCC(F)(F)F)cn1. The van der Waals surface area contributed by atoms with Gasteiger partial charge in [-0.1, -0.05) is 0 Å². The summed E-state index contributed by atoms with van der Waals surface area (Å²) in [5.41, 5.74) is 0.0533. The summed E-state index contributed by atoms with van der Waals surface area (Å²) in [7, 11) is 0. The van der Waals surface area contributed by atoms with E-state index in [2.05, 4.69) is 15.0 Å². The van der Waals surface area contributed by atoms with Gasteiger partial charge in [0.1, 0.15) is 23.2 Å². The van der Waals surface area contributed by atoms with Gasteiger partial charge in [-0.2, -0.15) is 13.2 Å². The first kappa shape index (κ1) is 20.9. The van der Waals surface area contributed by atoms with Gasteiger partial charge in [-0.05, 0) is 25.5 Å². The van der Waals surface area contributed by atoms with Crippen molar-refractivity contribution in [3.05, 3.63) is 59.2 Å². The predicted molar refractivity (Wildman–Crippen MR) is 89.5 cm³/mol. The molecule has 3 atom stereocenters. The van der Waals surface area contributed by atoms with Gasteiger partial charge >= 0.3 is 6.18 Å². The van der Waals surface area contributed by atoms with Gasteiger partial charge in [-0.15, -0.1) is 0 Å². The van der Waals surface area contributed by atoms with E-state index in [-0.39, 0.29) is 17.7 Å². The van der Waals surface area contributed by atoms with Crippen molar-refractivity contribution < 1.29 is 35.9 Å². The number of carbonyl (C=O) groups is 1. The van der Waals surface area contributed by atoms with E-state index in [1.807, 2.05) is 0 Å². The summed E-state index contributed by atoms with van der Waals surface area (Å²) in [6.45, 7) is 0.160. The molecule has 10 heteroatoms. The fourth-order valence-electron chi connectivity index (χ4n) is 3.00. The molecule has 0 bridgehead atoms. The zero-order chi connectivity index (χ0) is 21.3. The van der Waals surface area contributed by atoms with Crippen LogP contribution in [0.1, 0.15) is 36.6 Å². The van der Waals surface area contributed by atoms with Gasteiger partial charge in [0.05, 0.1) is 17.9 Å². The maximum absolute atomic E-state index is 13.8. The number of nitrogens with zero attached hydrogens (tertiary/aromatic N) is 1. The van der Waals surface area contributed by atoms with E-state index >= 15 is 0 Å². The molecule has 1 aliphatic rings. The van der Waals surface area contributed by atoms with E-state index in [4.69, 9.17) is 0 Å². The maximum atomic E-state index is 13.8. The number of hydrogen-bond donors (Lipinski definition) is 1. The highest BCUT2D eigenvalue weighted by Gasteiger charge is 2.47. The molecule has 1 aliphatic carbocycles. The zero-order valence-electron chi connectivity index (χ0n) is 15.1. The molecule has 0 saturated heterocycles. The van der Waals surface area contributed by atoms with E-state index < -0.39 is 54.0 Å². The molecule has 1 N–H and O–H groups in total. The van der Waals surface area contributed by atoms with Crippen LogP contribution >= 0.6 is 0 Å². The Hall–Kier alpha value is -2.78. The number of halogens is 6. The van der Waals surface area contributed by atoms with E-state index in [0.29, 0.717) is 17.8 Å². The average molecular weight is 418 g/mol. The fraction of sp³-hybridized carbons (Fsp3) is 0.368. The molecule has 2 aromatic rings. The third-order valence-corrected chi connectivity index (χ3v) is 4.51. The van der Waals surface area contributed by atoms with Gasteiger partial charge in [-0.3, -0.25) is 9.78 Å². The molecule has 1 fully saturated rings. The first-order valence-corrected chi connectivity index (χ1v) is 8.65. The summed E-state index contributed by atoms with van der Waals surface area (Å²) in [4.78, 5) is 16.3. The molecule has 29 heavy (non-hydrogen) atoms. The van der Waals surface area contributed by atoms with Gasteiger partial charge in [0.15, 0.2) is 6.61 Å². The Balaban J connectivity index is 1.58. The van der Waals surface area contributed by atoms with Crippen LogP contribution in [0.2, 0.25) is 0 Å². The number of amides is 1. The van der Waals surface area contributed by atoms with Crippen LogP contribution in [0.4, 0.5) is 26.3 Å². The van der Waals surface area contributed by atoms with E-state index in [1.165, 1.54) is 12.1 Å². The van der Waals surface area contributed by atoms with Crippen LogP contribution in [-0.4, -0.2) is 23.7 Å². The van der Waals surface area contributed by atoms with Crippen molar-refractivity contribution >= 4 is 5.91 Å². The lowest BCUT2D eigenvalue weighted by Gasteiger charge is -2.15. The molecular formula is C19H16F6N2O2. The number of aromatic nitrogens is 1. The third kappa shape index (κ3) is 5.18. The smallest absolute Gasteiger partial charge is 0.422 e. The largest absolute Gasteiger partial charge is 0.483 e. The van der Waals surface area contributed by atoms with Gasteiger partial charge in [0.2, 0.25) is 5.91 Å². The molecule has 0 unspecified atom stereocenters. The second kappa shape index (κ2) is 7.92. The van der Waals surface area contributed by atoms with Crippen LogP contribution in [0.25, 0.3) is 0 Å². The Bertz CT molecular complexity index is 878. The predicted octanol–water partition coefficient (Wildman–Crippen LogP) is 4.42. The molecule has 0 aliphatic heterocycles. The molecule has 1 aromatic carbocycles. The number of benzene rings is 1. The number of nitrogens with one attached hydrogen (secondary N) is 1. The van der Waals surface area contributed by atoms with Crippen molar-refractivity contribution in [2.45, 2.75) is 31.5 Å². The molecule has 0 radical (unpaired) electrons. The summed E-state index contributed by atoms with van der Waals surface area (Å²) < 4.78 is 81.7. The van der Waals surface area contributed by atoms with Crippen molar-refractivity contribution in [1.82, 2.24) is 10.3 Å². The molecule has 4 nitrogen and oxygen atoms in total. The normalized spacial score (nSPS) is 19.6. The van der Waals surface area contributed by atoms with Crippen LogP contribution in [0, 0.1) is 23.4 Å². The summed E-state index contributed by atoms with van der Waals surface area (Å²) in [5.74, 6) is -4.99. The summed E-state index contributed by atoms with van der Waals surface area (Å²) in [6, 6.07) is 3.24. The Morgan fingerprint density at radius 2 is 1.90 bits per heavy atom. The van der Waals surface area contributed by atoms with Crippen molar-refractivity contribution in [2.75, 3.05) is 6.61 Å². The van der Waals surface area contributed by atoms with Crippen molar-refractivity contribution in [2.24, 2.45) is 5.92 Å². The Kier molecular flexibility index (Phi) is 5.72. The highest BCUT2D eigenvalue weighted by Crippen LogP contribution is 2.49. The van der Waals surface area contributed by atoms with Crippen LogP contribution in [-0.2, 0) is 4.79 Å². The van der Waals surface area contributed by atoms with Crippen molar-refractivity contribution in [1.29, 1.82) is 0 Å². The van der Waals surface area contributed by atoms with Crippen LogP contribution in [0.15, 0.2) is 30.5 Å². The van der Waals surface area contributed by atoms with Gasteiger partial charge in [0.25, 0.3) is 0 Å². The van der Waals surface area contributed by atoms with Crippen molar-refractivity contribution in [3.63, 3.8) is 0 Å². The molecule has 1 aromatic heterocycles. The first-order chi connectivity index (χ1) is 13.5. The molecule has 1 heterocycles. The fourth-order valence-corrected chi connectivity index (χ4v) is 3.00. The summed E-state index contributed by atoms with van der Waals surface area (Å²) in [6.07, 6.45) is -3.15. The van der Waals surface area contributed by atoms with Crippen LogP contribution in [0.5, 0.6) is 5.75 Å². The lowest BCUT2D eigenvalue weighted by atomic mass is 10.1. The van der Waals surface area contributed by atoms with Crippen LogP contribution in [0.3, 0.4) is 0 Å². The van der Waals surface area contributed by atoms with E-state index in [0.717, 1.165) is 6.20 Å². The lowest BCUT2D eigenvalue weighted by Crippen LogP contribution is -2.29. The monoisotopic (exact) mass is 418 g/mol. The highest BCUT2D eigenvalue weighted by molar-refractivity contribution is 5.83. The first-order valence-electron chi connectivity index (χ1n) is 8.65. The number of rotatable bonds is 6. The second-order valence-corrected chi connectivity index (χ2v) is 6.78. The minimum Gasteiger partial charge on any atom is -0.483 e. The van der Waals surface area contributed by atoms with Crippen molar-refractivity contribution in [3.8, 4) is 5.75 Å². The molecular weight excluding hydrogens is 402 g/mol. The summed E-state index contributed by atoms with van der Waals surface area (Å²) >= 11 is 0. The molecule has 0 spiro atoms. The van der Waals surface area contributed by atoms with Gasteiger partial charge in [0, 0.05) is 29.5 Å². The third-order valence-electron chi connectivity index (χ3n) is 4.51. The lowest BCUT2D eigenvalue weighted by molar-refractivity contribution is -0.153. The standard InChI is InChI=1S/C19H16F6N2O2/c1-9(16-3-2-11(7-26-16)29-8-19(23,24)25)27-18(28)13-6-12(13)17-14(21)4-10(20)5-15(17)22/h2-5,7,9,12-13H,6,8H2,1H3,(H,27,28)/t9-,12+,13+/m1/s1. The second-order valence-electron chi connectivity index (χ2n) is 6.78. The highest BCUT2D eigenvalue weighted by atomic mass is 19.4. The zero-order valence-corrected chi connectivity index (χ0v) is 15.1. The Labute approximate surface area is 161 Å². The molecule has 1 saturated carbocycles. The maximum Gasteiger partial charge on any atom is 0.422 e. The topological polar surface area (TPSA) is 51.2 Å². The number of ether oxygens (including phenoxy) is 1. The van der Waals surface area contributed by atoms with Gasteiger partial charge < -0.3 is 10.1 Å². The summed E-state index contributed by atoms with van der Waals surface area (Å²) in [5, 5.41) is 2.64. The number of hydrogen-bond acceptors (Lipinski definition) is 3. The Morgan fingerprint density at radius 1 is 1.24 bits per heavy atom. The number of alkyl halides is 3.